The van der Waals surface area contributed by atoms with E-state index >= 15 is 0 Å². The maximum absolute atomic E-state index is 14.4. The number of aromatic nitrogens is 3. The van der Waals surface area contributed by atoms with Gasteiger partial charge in [-0.15, -0.1) is 5.10 Å². The van der Waals surface area contributed by atoms with Crippen molar-refractivity contribution in [3.63, 3.8) is 0 Å². The fourth-order valence-electron chi connectivity index (χ4n) is 2.73. The molecule has 3 rings (SSSR count). The second kappa shape index (κ2) is 7.10. The molecule has 4 nitrogen and oxygen atoms in total. The standard InChI is InChI=1S/C18H11F6N3O/c1-8-14(9-3-4-13(25-7-9)18(22,23)24)16(17(28-2)27-26-8)15-11(20)5-10(19)6-12(15)21/h3-7H,1-2H3. The fourth-order valence-corrected chi connectivity index (χ4v) is 2.73. The van der Waals surface area contributed by atoms with E-state index in [1.165, 1.54) is 14.0 Å². The van der Waals surface area contributed by atoms with E-state index in [1.54, 1.807) is 0 Å². The van der Waals surface area contributed by atoms with Crippen molar-refractivity contribution in [3.8, 4) is 28.1 Å². The number of benzene rings is 1. The summed E-state index contributed by atoms with van der Waals surface area (Å²) >= 11 is 0. The van der Waals surface area contributed by atoms with Crippen molar-refractivity contribution in [1.82, 2.24) is 15.2 Å². The number of methoxy groups -OCH3 is 1. The van der Waals surface area contributed by atoms with Gasteiger partial charge in [0.1, 0.15) is 23.1 Å². The highest BCUT2D eigenvalue weighted by Crippen LogP contribution is 2.42. The summed E-state index contributed by atoms with van der Waals surface area (Å²) in [6.07, 6.45) is -3.76. The number of rotatable bonds is 3. The van der Waals surface area contributed by atoms with Gasteiger partial charge in [0.05, 0.1) is 23.9 Å². The van der Waals surface area contributed by atoms with Gasteiger partial charge in [0.25, 0.3) is 0 Å². The van der Waals surface area contributed by atoms with E-state index in [1.807, 2.05) is 0 Å². The molecule has 0 unspecified atom stereocenters. The van der Waals surface area contributed by atoms with Crippen LogP contribution in [-0.2, 0) is 6.18 Å². The van der Waals surface area contributed by atoms with E-state index in [0.717, 1.165) is 18.3 Å². The first kappa shape index (κ1) is 19.6. The van der Waals surface area contributed by atoms with Gasteiger partial charge in [0.2, 0.25) is 5.88 Å². The van der Waals surface area contributed by atoms with Crippen molar-refractivity contribution in [3.05, 3.63) is 59.3 Å². The fraction of sp³-hybridized carbons (Fsp3) is 0.167. The molecule has 0 saturated heterocycles. The summed E-state index contributed by atoms with van der Waals surface area (Å²) in [7, 11) is 1.18. The quantitative estimate of drug-likeness (QED) is 0.585. The lowest BCUT2D eigenvalue weighted by atomic mass is 9.94. The SMILES string of the molecule is COc1nnc(C)c(-c2ccc(C(F)(F)F)nc2)c1-c1c(F)cc(F)cc1F. The molecule has 0 aliphatic rings. The van der Waals surface area contributed by atoms with Gasteiger partial charge in [-0.2, -0.15) is 18.3 Å². The number of aryl methyl sites for hydroxylation is 1. The largest absolute Gasteiger partial charge is 0.479 e. The van der Waals surface area contributed by atoms with Gasteiger partial charge in [-0.1, -0.05) is 6.07 Å². The third-order valence-corrected chi connectivity index (χ3v) is 3.91. The highest BCUT2D eigenvalue weighted by atomic mass is 19.4. The first-order chi connectivity index (χ1) is 13.1. The van der Waals surface area contributed by atoms with Crippen molar-refractivity contribution < 1.29 is 31.1 Å². The summed E-state index contributed by atoms with van der Waals surface area (Å²) in [6.45, 7) is 1.45. The van der Waals surface area contributed by atoms with Crippen molar-refractivity contribution in [2.45, 2.75) is 13.1 Å². The summed E-state index contributed by atoms with van der Waals surface area (Å²) in [5.74, 6) is -3.88. The molecular weight excluding hydrogens is 388 g/mol. The third-order valence-electron chi connectivity index (χ3n) is 3.91. The summed E-state index contributed by atoms with van der Waals surface area (Å²) in [5.41, 5.74) is -1.70. The van der Waals surface area contributed by atoms with Crippen molar-refractivity contribution in [2.24, 2.45) is 0 Å². The summed E-state index contributed by atoms with van der Waals surface area (Å²) in [6, 6.07) is 2.76. The number of ether oxygens (including phenoxy) is 1. The molecule has 0 N–H and O–H groups in total. The molecule has 1 aromatic carbocycles. The van der Waals surface area contributed by atoms with Gasteiger partial charge >= 0.3 is 6.18 Å². The molecule has 0 amide bonds. The van der Waals surface area contributed by atoms with Crippen molar-refractivity contribution in [1.29, 1.82) is 0 Å². The minimum Gasteiger partial charge on any atom is -0.479 e. The van der Waals surface area contributed by atoms with Crippen LogP contribution < -0.4 is 4.74 Å². The van der Waals surface area contributed by atoms with Gasteiger partial charge in [-0.05, 0) is 13.0 Å². The van der Waals surface area contributed by atoms with E-state index in [2.05, 4.69) is 15.2 Å². The monoisotopic (exact) mass is 399 g/mol. The highest BCUT2D eigenvalue weighted by Gasteiger charge is 2.32. The van der Waals surface area contributed by atoms with E-state index < -0.39 is 34.9 Å². The predicted molar refractivity (Wildman–Crippen MR) is 86.9 cm³/mol. The number of hydrogen-bond acceptors (Lipinski definition) is 4. The zero-order valence-electron chi connectivity index (χ0n) is 14.4. The van der Waals surface area contributed by atoms with Crippen molar-refractivity contribution in [2.75, 3.05) is 7.11 Å². The first-order valence-electron chi connectivity index (χ1n) is 7.73. The van der Waals surface area contributed by atoms with Crippen LogP contribution >= 0.6 is 0 Å². The third kappa shape index (κ3) is 3.49. The maximum Gasteiger partial charge on any atom is 0.433 e. The Bertz CT molecular complexity index is 1010. The van der Waals surface area contributed by atoms with Gasteiger partial charge in [-0.25, -0.2) is 13.2 Å². The molecular formula is C18H11F6N3O. The minimum absolute atomic E-state index is 0.0532. The van der Waals surface area contributed by atoms with Crippen molar-refractivity contribution >= 4 is 0 Å². The lowest BCUT2D eigenvalue weighted by Gasteiger charge is -2.16. The molecule has 28 heavy (non-hydrogen) atoms. The molecule has 0 saturated carbocycles. The molecule has 10 heteroatoms. The molecule has 2 heterocycles. The summed E-state index contributed by atoms with van der Waals surface area (Å²) in [4.78, 5) is 3.36. The average Bonchev–Trinajstić information content (AvgIpc) is 2.60. The van der Waals surface area contributed by atoms with Crippen LogP contribution in [0.3, 0.4) is 0 Å². The predicted octanol–water partition coefficient (Wildman–Crippen LogP) is 4.96. The lowest BCUT2D eigenvalue weighted by Crippen LogP contribution is -2.08. The second-order valence-corrected chi connectivity index (χ2v) is 5.72. The molecule has 0 bridgehead atoms. The van der Waals surface area contributed by atoms with E-state index in [-0.39, 0.29) is 28.3 Å². The van der Waals surface area contributed by atoms with Crippen LogP contribution in [0.5, 0.6) is 5.88 Å². The molecule has 0 spiro atoms. The molecule has 0 radical (unpaired) electrons. The molecule has 0 atom stereocenters. The maximum atomic E-state index is 14.4. The number of alkyl halides is 3. The van der Waals surface area contributed by atoms with Crippen LogP contribution in [0.4, 0.5) is 26.3 Å². The number of nitrogens with zero attached hydrogens (tertiary/aromatic N) is 3. The Hall–Kier alpha value is -3.17. The second-order valence-electron chi connectivity index (χ2n) is 5.72. The number of halogens is 6. The average molecular weight is 399 g/mol. The molecule has 0 fully saturated rings. The normalized spacial score (nSPS) is 11.6. The summed E-state index contributed by atoms with van der Waals surface area (Å²) < 4.78 is 85.5. The first-order valence-corrected chi connectivity index (χ1v) is 7.73. The lowest BCUT2D eigenvalue weighted by molar-refractivity contribution is -0.141. The van der Waals surface area contributed by atoms with Crippen LogP contribution in [-0.4, -0.2) is 22.3 Å². The van der Waals surface area contributed by atoms with Crippen LogP contribution in [0, 0.1) is 24.4 Å². The Morgan fingerprint density at radius 2 is 1.54 bits per heavy atom. The molecule has 0 aliphatic heterocycles. The van der Waals surface area contributed by atoms with Crippen LogP contribution in [0.25, 0.3) is 22.3 Å². The Kier molecular flexibility index (Phi) is 4.97. The van der Waals surface area contributed by atoms with Crippen LogP contribution in [0.15, 0.2) is 30.5 Å². The molecule has 3 aromatic rings. The number of hydrogen-bond donors (Lipinski definition) is 0. The van der Waals surface area contributed by atoms with E-state index in [4.69, 9.17) is 4.74 Å². The smallest absolute Gasteiger partial charge is 0.433 e. The van der Waals surface area contributed by atoms with E-state index in [0.29, 0.717) is 12.1 Å². The number of pyridine rings is 1. The molecule has 0 aliphatic carbocycles. The zero-order chi connectivity index (χ0) is 20.6. The van der Waals surface area contributed by atoms with Gasteiger partial charge in [0, 0.05) is 29.5 Å². The Labute approximate surface area is 154 Å². The highest BCUT2D eigenvalue weighted by molar-refractivity contribution is 5.87. The van der Waals surface area contributed by atoms with Crippen LogP contribution in [0.1, 0.15) is 11.4 Å². The van der Waals surface area contributed by atoms with Gasteiger partial charge in [-0.3, -0.25) is 4.98 Å². The Morgan fingerprint density at radius 1 is 0.893 bits per heavy atom. The van der Waals surface area contributed by atoms with Gasteiger partial charge < -0.3 is 4.74 Å². The molecule has 2 aromatic heterocycles. The summed E-state index contributed by atoms with van der Waals surface area (Å²) in [5, 5.41) is 7.54. The van der Waals surface area contributed by atoms with Crippen LogP contribution in [0.2, 0.25) is 0 Å². The van der Waals surface area contributed by atoms with E-state index in [9.17, 15) is 26.3 Å². The topological polar surface area (TPSA) is 47.9 Å². The Balaban J connectivity index is 2.32. The van der Waals surface area contributed by atoms with Gasteiger partial charge in [0.15, 0.2) is 0 Å². The molecule has 146 valence electrons. The minimum atomic E-state index is -4.65. The Morgan fingerprint density at radius 3 is 2.04 bits per heavy atom. The zero-order valence-corrected chi connectivity index (χ0v) is 14.4.